The van der Waals surface area contributed by atoms with Gasteiger partial charge in [-0.2, -0.15) is 0 Å². The van der Waals surface area contributed by atoms with Gasteiger partial charge in [0.15, 0.2) is 0 Å². The fourth-order valence-electron chi connectivity index (χ4n) is 4.57. The standard InChI is InChI=1S/C30H40N4.C6H7N.2C2H6.C2H4.C2H2.CH3N/c1-7-21(2)28(32)34-20-33-27-17-13-23(14-18-27)30(5,6)25-10-8-9-24(19-25)29(3,4)22-11-15-26(31)16-12-22;7-6-4-2-1-3-5-6;5*1-2/h8-19,21,33H,7,20,31H2,1-6H3,(H2,32,34);1-5H,7H2;2*1-2H3;1-2H2;1-2H;2H,1H2. The van der Waals surface area contributed by atoms with E-state index in [4.69, 9.17) is 22.6 Å². The van der Waals surface area contributed by atoms with E-state index in [0.717, 1.165) is 23.5 Å². The number of terminal acetylenes is 1. The molecule has 1 atom stereocenters. The number of nitrogen functional groups attached to an aromatic ring is 2. The highest BCUT2D eigenvalue weighted by Crippen LogP contribution is 2.37. The van der Waals surface area contributed by atoms with Gasteiger partial charge >= 0.3 is 0 Å². The largest absolute Gasteiger partial charge is 0.399 e. The molecule has 0 amide bonds. The Labute approximate surface area is 312 Å². The Bertz CT molecular complexity index is 1470. The van der Waals surface area contributed by atoms with E-state index < -0.39 is 0 Å². The van der Waals surface area contributed by atoms with Crippen LogP contribution in [0.25, 0.3) is 0 Å². The van der Waals surface area contributed by atoms with Crippen LogP contribution in [0.15, 0.2) is 121 Å². The third-order valence-corrected chi connectivity index (χ3v) is 8.01. The number of amidine groups is 1. The number of nitrogens with one attached hydrogen (secondary N) is 2. The van der Waals surface area contributed by atoms with Crippen LogP contribution in [0.1, 0.15) is 97.9 Å². The summed E-state index contributed by atoms with van der Waals surface area (Å²) in [7, 11) is 0. The number of nitrogens with zero attached hydrogens (tertiary/aromatic N) is 1. The van der Waals surface area contributed by atoms with Crippen LogP contribution in [0.2, 0.25) is 0 Å². The van der Waals surface area contributed by atoms with E-state index in [1.54, 1.807) is 0 Å². The van der Waals surface area contributed by atoms with Crippen molar-refractivity contribution in [3.05, 3.63) is 139 Å². The molecule has 0 saturated heterocycles. The monoisotopic (exact) mass is 693 g/mol. The minimum absolute atomic E-state index is 0.120. The lowest BCUT2D eigenvalue weighted by atomic mass is 9.73. The molecule has 0 aliphatic rings. The number of anilines is 3. The topological polar surface area (TPSA) is 126 Å². The lowest BCUT2D eigenvalue weighted by Gasteiger charge is -2.31. The highest BCUT2D eigenvalue weighted by molar-refractivity contribution is 5.82. The van der Waals surface area contributed by atoms with Gasteiger partial charge < -0.3 is 27.9 Å². The van der Waals surface area contributed by atoms with Crippen molar-refractivity contribution in [1.29, 1.82) is 5.41 Å². The quantitative estimate of drug-likeness (QED) is 0.0393. The molecule has 0 fully saturated rings. The SMILES string of the molecule is C#C.C=C.C=N.CC.CC.CCC(C)/C(N)=N/CNc1ccc(C(C)(C)c2cccc(C(C)(C)c3ccc(N)cc3)c2)cc1.Nc1ccccc1. The minimum Gasteiger partial charge on any atom is -0.399 e. The molecule has 4 aromatic rings. The zero-order chi connectivity index (χ0) is 40.0. The summed E-state index contributed by atoms with van der Waals surface area (Å²) < 4.78 is 0. The number of hydrogen-bond donors (Lipinski definition) is 5. The van der Waals surface area contributed by atoms with E-state index in [2.05, 4.69) is 145 Å². The van der Waals surface area contributed by atoms with Gasteiger partial charge in [-0.15, -0.1) is 26.0 Å². The van der Waals surface area contributed by atoms with Gasteiger partial charge in [-0.1, -0.05) is 136 Å². The van der Waals surface area contributed by atoms with Crippen molar-refractivity contribution in [2.45, 2.75) is 86.5 Å². The van der Waals surface area contributed by atoms with E-state index >= 15 is 0 Å². The van der Waals surface area contributed by atoms with Gasteiger partial charge in [0.25, 0.3) is 0 Å². The van der Waals surface area contributed by atoms with Crippen LogP contribution in [0, 0.1) is 24.2 Å². The van der Waals surface area contributed by atoms with Crippen LogP contribution < -0.4 is 22.5 Å². The molecule has 0 saturated carbocycles. The smallest absolute Gasteiger partial charge is 0.109 e. The molecule has 0 bridgehead atoms. The van der Waals surface area contributed by atoms with E-state index in [1.807, 2.05) is 70.2 Å². The summed E-state index contributed by atoms with van der Waals surface area (Å²) in [5, 5.41) is 8.85. The maximum atomic E-state index is 6.03. The van der Waals surface area contributed by atoms with Gasteiger partial charge in [-0.05, 0) is 71.8 Å². The van der Waals surface area contributed by atoms with Gasteiger partial charge in [0, 0.05) is 33.8 Å². The van der Waals surface area contributed by atoms with Gasteiger partial charge in [0.05, 0.1) is 5.84 Å². The van der Waals surface area contributed by atoms with Gasteiger partial charge in [-0.25, -0.2) is 0 Å². The normalized spacial score (nSPS) is 10.6. The first-order valence-electron chi connectivity index (χ1n) is 17.6. The van der Waals surface area contributed by atoms with E-state index in [0.29, 0.717) is 18.4 Å². The van der Waals surface area contributed by atoms with Crippen LogP contribution in [-0.2, 0) is 10.8 Å². The summed E-state index contributed by atoms with van der Waals surface area (Å²) in [6, 6.07) is 35.3. The lowest BCUT2D eigenvalue weighted by Crippen LogP contribution is -2.23. The fourth-order valence-corrected chi connectivity index (χ4v) is 4.57. The highest BCUT2D eigenvalue weighted by atomic mass is 15.0. The van der Waals surface area contributed by atoms with Crippen molar-refractivity contribution in [3.8, 4) is 12.8 Å². The van der Waals surface area contributed by atoms with Crippen molar-refractivity contribution in [3.63, 3.8) is 0 Å². The molecule has 0 heterocycles. The first-order valence-corrected chi connectivity index (χ1v) is 17.6. The zero-order valence-electron chi connectivity index (χ0n) is 33.3. The second-order valence-corrected chi connectivity index (χ2v) is 11.7. The fraction of sp³-hybridized carbons (Fsp3) is 0.333. The number of rotatable bonds is 9. The molecule has 1 unspecified atom stereocenters. The van der Waals surface area contributed by atoms with Gasteiger partial charge in [0.2, 0.25) is 0 Å². The molecular weight excluding hydrogens is 625 g/mol. The predicted octanol–water partition coefficient (Wildman–Crippen LogP) is 11.3. The zero-order valence-corrected chi connectivity index (χ0v) is 33.3. The summed E-state index contributed by atoms with van der Waals surface area (Å²) >= 11 is 0. The third-order valence-electron chi connectivity index (χ3n) is 8.01. The van der Waals surface area contributed by atoms with Crippen LogP contribution in [0.3, 0.4) is 0 Å². The van der Waals surface area contributed by atoms with Crippen LogP contribution >= 0.6 is 0 Å². The number of nitrogens with two attached hydrogens (primary N) is 3. The summed E-state index contributed by atoms with van der Waals surface area (Å²) in [6.45, 7) is 30.3. The van der Waals surface area contributed by atoms with Crippen LogP contribution in [-0.4, -0.2) is 19.2 Å². The van der Waals surface area contributed by atoms with E-state index in [-0.39, 0.29) is 10.8 Å². The van der Waals surface area contributed by atoms with E-state index in [9.17, 15) is 0 Å². The molecule has 278 valence electrons. The number of aliphatic imine (C=N–C) groups is 1. The molecule has 6 nitrogen and oxygen atoms in total. The summed E-state index contributed by atoms with van der Waals surface area (Å²) in [6.07, 6.45) is 9.00. The van der Waals surface area contributed by atoms with Crippen molar-refractivity contribution >= 4 is 29.6 Å². The molecule has 6 heteroatoms. The Balaban J connectivity index is -0.00000114. The summed E-state index contributed by atoms with van der Waals surface area (Å²) in [5.74, 6) is 1.01. The Morgan fingerprint density at radius 1 is 0.686 bits per heavy atom. The molecule has 4 rings (SSSR count). The third kappa shape index (κ3) is 17.3. The number of para-hydroxylation sites is 1. The predicted molar refractivity (Wildman–Crippen MR) is 232 cm³/mol. The van der Waals surface area contributed by atoms with Crippen molar-refractivity contribution < 1.29 is 0 Å². The number of hydrogen-bond acceptors (Lipinski definition) is 5. The van der Waals surface area contributed by atoms with Crippen LogP contribution in [0.5, 0.6) is 0 Å². The molecule has 0 aliphatic heterocycles. The first-order chi connectivity index (χ1) is 24.4. The summed E-state index contributed by atoms with van der Waals surface area (Å²) in [5.41, 5.74) is 24.8. The maximum Gasteiger partial charge on any atom is 0.109 e. The summed E-state index contributed by atoms with van der Waals surface area (Å²) in [4.78, 5) is 4.45. The lowest BCUT2D eigenvalue weighted by molar-refractivity contribution is 0.617. The highest BCUT2D eigenvalue weighted by Gasteiger charge is 2.27. The average molecular weight is 693 g/mol. The molecular formula is C45H68N6. The molecule has 0 spiro atoms. The maximum absolute atomic E-state index is 6.03. The second-order valence-electron chi connectivity index (χ2n) is 11.7. The molecule has 4 aromatic carbocycles. The second kappa shape index (κ2) is 28.5. The van der Waals surface area contributed by atoms with Crippen molar-refractivity contribution in [2.75, 3.05) is 23.5 Å². The Kier molecular flexibility index (Phi) is 28.0. The Morgan fingerprint density at radius 2 is 1.08 bits per heavy atom. The molecule has 8 N–H and O–H groups in total. The Hall–Kier alpha value is -5.28. The first kappa shape index (κ1) is 50.1. The van der Waals surface area contributed by atoms with E-state index in [1.165, 1.54) is 22.3 Å². The molecule has 51 heavy (non-hydrogen) atoms. The number of benzene rings is 4. The average Bonchev–Trinajstić information content (AvgIpc) is 3.19. The molecule has 0 aromatic heterocycles. The van der Waals surface area contributed by atoms with Crippen molar-refractivity contribution in [2.24, 2.45) is 16.6 Å². The minimum atomic E-state index is -0.134. The molecule has 0 aliphatic carbocycles. The van der Waals surface area contributed by atoms with Gasteiger partial charge in [-0.3, -0.25) is 4.99 Å². The Morgan fingerprint density at radius 3 is 1.45 bits per heavy atom. The van der Waals surface area contributed by atoms with Crippen LogP contribution in [0.4, 0.5) is 17.1 Å². The molecule has 0 radical (unpaired) electrons. The van der Waals surface area contributed by atoms with Crippen molar-refractivity contribution in [1.82, 2.24) is 0 Å². The van der Waals surface area contributed by atoms with Gasteiger partial charge in [0.1, 0.15) is 6.67 Å².